The summed E-state index contributed by atoms with van der Waals surface area (Å²) in [6, 6.07) is 14.4. The molecule has 1 aliphatic heterocycles. The number of fused-ring (bicyclic) bond motifs is 3. The zero-order valence-electron chi connectivity index (χ0n) is 13.8. The van der Waals surface area contributed by atoms with Crippen molar-refractivity contribution in [2.45, 2.75) is 25.9 Å². The summed E-state index contributed by atoms with van der Waals surface area (Å²) in [4.78, 5) is 12.4. The summed E-state index contributed by atoms with van der Waals surface area (Å²) in [5.41, 5.74) is 4.35. The van der Waals surface area contributed by atoms with Crippen LogP contribution in [-0.4, -0.2) is 23.1 Å². The van der Waals surface area contributed by atoms with Crippen molar-refractivity contribution in [1.82, 2.24) is 9.88 Å². The first-order valence-electron chi connectivity index (χ1n) is 8.39. The van der Waals surface area contributed by atoms with Gasteiger partial charge in [-0.05, 0) is 37.6 Å². The van der Waals surface area contributed by atoms with Crippen LogP contribution in [0.5, 0.6) is 0 Å². The minimum absolute atomic E-state index is 0.00669. The molecule has 1 aromatic heterocycles. The van der Waals surface area contributed by atoms with Crippen molar-refractivity contribution < 1.29 is 4.79 Å². The SMILES string of the molecule is C=C1CNC(C(=O)Nc2ccc3c(c2)c2ccccc2n3CC)C1. The Kier molecular flexibility index (Phi) is 3.62. The van der Waals surface area contributed by atoms with Gasteiger partial charge in [0, 0.05) is 40.6 Å². The number of hydrogen-bond acceptors (Lipinski definition) is 2. The highest BCUT2D eigenvalue weighted by atomic mass is 16.2. The van der Waals surface area contributed by atoms with Crippen molar-refractivity contribution in [1.29, 1.82) is 0 Å². The first-order chi connectivity index (χ1) is 11.7. The summed E-state index contributed by atoms with van der Waals surface area (Å²) in [6.45, 7) is 7.73. The molecule has 0 spiro atoms. The van der Waals surface area contributed by atoms with E-state index in [-0.39, 0.29) is 11.9 Å². The highest BCUT2D eigenvalue weighted by Crippen LogP contribution is 2.31. The van der Waals surface area contributed by atoms with Crippen molar-refractivity contribution >= 4 is 33.4 Å². The Morgan fingerprint density at radius 1 is 1.25 bits per heavy atom. The van der Waals surface area contributed by atoms with Gasteiger partial charge >= 0.3 is 0 Å². The molecule has 1 saturated heterocycles. The Bertz CT molecular complexity index is 954. The van der Waals surface area contributed by atoms with Crippen LogP contribution in [0.25, 0.3) is 21.8 Å². The van der Waals surface area contributed by atoms with E-state index in [4.69, 9.17) is 0 Å². The predicted octanol–water partition coefficient (Wildman–Crippen LogP) is 3.67. The van der Waals surface area contributed by atoms with Crippen LogP contribution in [0.2, 0.25) is 0 Å². The molecule has 4 heteroatoms. The summed E-state index contributed by atoms with van der Waals surface area (Å²) in [6.07, 6.45) is 0.712. The minimum atomic E-state index is -0.176. The van der Waals surface area contributed by atoms with Crippen molar-refractivity contribution in [3.05, 3.63) is 54.6 Å². The third-order valence-corrected chi connectivity index (χ3v) is 4.76. The molecule has 2 aromatic carbocycles. The second kappa shape index (κ2) is 5.80. The lowest BCUT2D eigenvalue weighted by atomic mass is 10.1. The molecule has 1 atom stereocenters. The summed E-state index contributed by atoms with van der Waals surface area (Å²) in [7, 11) is 0. The molecule has 1 fully saturated rings. The molecule has 1 unspecified atom stereocenters. The number of para-hydroxylation sites is 1. The molecule has 0 aliphatic carbocycles. The Morgan fingerprint density at radius 3 is 2.79 bits per heavy atom. The van der Waals surface area contributed by atoms with E-state index in [2.05, 4.69) is 65.1 Å². The molecule has 1 aliphatic rings. The lowest BCUT2D eigenvalue weighted by Gasteiger charge is -2.11. The number of nitrogens with zero attached hydrogens (tertiary/aromatic N) is 1. The van der Waals surface area contributed by atoms with Crippen LogP contribution in [0.15, 0.2) is 54.6 Å². The number of carbonyl (C=O) groups excluding carboxylic acids is 1. The zero-order valence-corrected chi connectivity index (χ0v) is 13.8. The maximum atomic E-state index is 12.4. The van der Waals surface area contributed by atoms with E-state index < -0.39 is 0 Å². The van der Waals surface area contributed by atoms with Gasteiger partial charge in [-0.15, -0.1) is 0 Å². The van der Waals surface area contributed by atoms with Crippen molar-refractivity contribution in [3.8, 4) is 0 Å². The lowest BCUT2D eigenvalue weighted by molar-refractivity contribution is -0.117. The number of anilines is 1. The van der Waals surface area contributed by atoms with E-state index in [9.17, 15) is 4.79 Å². The fourth-order valence-corrected chi connectivity index (χ4v) is 3.59. The van der Waals surface area contributed by atoms with Crippen molar-refractivity contribution in [2.24, 2.45) is 0 Å². The van der Waals surface area contributed by atoms with Gasteiger partial charge in [0.15, 0.2) is 0 Å². The Hall–Kier alpha value is -2.59. The lowest BCUT2D eigenvalue weighted by Crippen LogP contribution is -2.35. The van der Waals surface area contributed by atoms with Crippen LogP contribution in [0.1, 0.15) is 13.3 Å². The molecule has 0 bridgehead atoms. The maximum Gasteiger partial charge on any atom is 0.241 e. The van der Waals surface area contributed by atoms with Crippen molar-refractivity contribution in [2.75, 3.05) is 11.9 Å². The maximum absolute atomic E-state index is 12.4. The normalized spacial score (nSPS) is 17.7. The molecule has 2 heterocycles. The highest BCUT2D eigenvalue weighted by molar-refractivity contribution is 6.10. The first-order valence-corrected chi connectivity index (χ1v) is 8.39. The molecule has 4 rings (SSSR count). The predicted molar refractivity (Wildman–Crippen MR) is 99.3 cm³/mol. The largest absolute Gasteiger partial charge is 0.341 e. The van der Waals surface area contributed by atoms with Gasteiger partial charge in [0.1, 0.15) is 0 Å². The fraction of sp³-hybridized carbons (Fsp3) is 0.250. The average Bonchev–Trinajstić information content (AvgIpc) is 3.16. The number of amides is 1. The summed E-state index contributed by atoms with van der Waals surface area (Å²) in [5.74, 6) is 0.00669. The van der Waals surface area contributed by atoms with Gasteiger partial charge in [-0.2, -0.15) is 0 Å². The first kappa shape index (κ1) is 15.0. The number of nitrogens with one attached hydrogen (secondary N) is 2. The van der Waals surface area contributed by atoms with Crippen LogP contribution >= 0.6 is 0 Å². The van der Waals surface area contributed by atoms with Crippen LogP contribution < -0.4 is 10.6 Å². The summed E-state index contributed by atoms with van der Waals surface area (Å²) in [5, 5.41) is 8.62. The highest BCUT2D eigenvalue weighted by Gasteiger charge is 2.24. The van der Waals surface area contributed by atoms with Crippen LogP contribution in [0.4, 0.5) is 5.69 Å². The molecule has 1 amide bonds. The molecule has 0 radical (unpaired) electrons. The van der Waals surface area contributed by atoms with E-state index >= 15 is 0 Å². The molecule has 3 aromatic rings. The molecule has 122 valence electrons. The monoisotopic (exact) mass is 319 g/mol. The third kappa shape index (κ3) is 2.39. The quantitative estimate of drug-likeness (QED) is 0.724. The van der Waals surface area contributed by atoms with Gasteiger partial charge in [0.05, 0.1) is 6.04 Å². The second-order valence-corrected chi connectivity index (χ2v) is 6.37. The summed E-state index contributed by atoms with van der Waals surface area (Å²) >= 11 is 0. The van der Waals surface area contributed by atoms with E-state index in [1.165, 1.54) is 21.8 Å². The summed E-state index contributed by atoms with van der Waals surface area (Å²) < 4.78 is 2.30. The topological polar surface area (TPSA) is 46.1 Å². The number of rotatable bonds is 3. The van der Waals surface area contributed by atoms with Gasteiger partial charge in [0.2, 0.25) is 5.91 Å². The molecule has 24 heavy (non-hydrogen) atoms. The third-order valence-electron chi connectivity index (χ3n) is 4.76. The van der Waals surface area contributed by atoms with Gasteiger partial charge < -0.3 is 15.2 Å². The second-order valence-electron chi connectivity index (χ2n) is 6.37. The Morgan fingerprint density at radius 2 is 2.04 bits per heavy atom. The van der Waals surface area contributed by atoms with E-state index in [1.54, 1.807) is 0 Å². The minimum Gasteiger partial charge on any atom is -0.341 e. The van der Waals surface area contributed by atoms with Gasteiger partial charge in [0.25, 0.3) is 0 Å². The zero-order chi connectivity index (χ0) is 16.7. The van der Waals surface area contributed by atoms with Crippen LogP contribution in [0, 0.1) is 0 Å². The molecule has 0 saturated carbocycles. The number of aromatic nitrogens is 1. The van der Waals surface area contributed by atoms with Crippen LogP contribution in [-0.2, 0) is 11.3 Å². The smallest absolute Gasteiger partial charge is 0.241 e. The fourth-order valence-electron chi connectivity index (χ4n) is 3.59. The van der Waals surface area contributed by atoms with Gasteiger partial charge in [-0.3, -0.25) is 4.79 Å². The number of carbonyl (C=O) groups is 1. The number of benzene rings is 2. The molecule has 2 N–H and O–H groups in total. The van der Waals surface area contributed by atoms with E-state index in [0.29, 0.717) is 6.42 Å². The number of hydrogen-bond donors (Lipinski definition) is 2. The average molecular weight is 319 g/mol. The Balaban J connectivity index is 1.72. The van der Waals surface area contributed by atoms with E-state index in [1.807, 2.05) is 6.07 Å². The van der Waals surface area contributed by atoms with Gasteiger partial charge in [-0.25, -0.2) is 0 Å². The standard InChI is InChI=1S/C20H21N3O/c1-3-23-18-7-5-4-6-15(18)16-11-14(8-9-19(16)23)22-20(24)17-10-13(2)12-21-17/h4-9,11,17,21H,2-3,10,12H2,1H3,(H,22,24). The van der Waals surface area contributed by atoms with Crippen molar-refractivity contribution in [3.63, 3.8) is 0 Å². The van der Waals surface area contributed by atoms with Crippen LogP contribution in [0.3, 0.4) is 0 Å². The van der Waals surface area contributed by atoms with Gasteiger partial charge in [-0.1, -0.05) is 30.4 Å². The Labute approximate surface area is 141 Å². The number of aryl methyl sites for hydroxylation is 1. The molecular formula is C20H21N3O. The molecule has 4 nitrogen and oxygen atoms in total. The van der Waals surface area contributed by atoms with E-state index in [0.717, 1.165) is 24.4 Å². The molecular weight excluding hydrogens is 298 g/mol.